The van der Waals surface area contributed by atoms with Gasteiger partial charge in [0, 0.05) is 5.56 Å². The third-order valence-corrected chi connectivity index (χ3v) is 3.08. The van der Waals surface area contributed by atoms with E-state index in [0.29, 0.717) is 0 Å². The van der Waals surface area contributed by atoms with E-state index in [1.165, 1.54) is 31.2 Å². The van der Waals surface area contributed by atoms with Gasteiger partial charge in [0.2, 0.25) is 5.91 Å². The van der Waals surface area contributed by atoms with Crippen molar-refractivity contribution in [3.63, 3.8) is 0 Å². The molecule has 23 heavy (non-hydrogen) atoms. The Bertz CT molecular complexity index is 738. The largest absolute Gasteiger partial charge is 0.451 e. The predicted molar refractivity (Wildman–Crippen MR) is 75.3 cm³/mol. The van der Waals surface area contributed by atoms with Crippen molar-refractivity contribution in [3.8, 4) is 11.3 Å². The van der Waals surface area contributed by atoms with Crippen LogP contribution in [0.5, 0.6) is 0 Å². The fourth-order valence-electron chi connectivity index (χ4n) is 1.80. The molecule has 5 nitrogen and oxygen atoms in total. The normalized spacial score (nSPS) is 12.7. The van der Waals surface area contributed by atoms with Gasteiger partial charge in [-0.1, -0.05) is 12.1 Å². The number of nitrogens with one attached hydrogen (secondary N) is 1. The smallest absolute Gasteiger partial charge is 0.416 e. The lowest BCUT2D eigenvalue weighted by molar-refractivity contribution is -0.137. The zero-order chi connectivity index (χ0) is 17.2. The first-order valence-electron chi connectivity index (χ1n) is 6.56. The van der Waals surface area contributed by atoms with Crippen LogP contribution in [0.15, 0.2) is 40.8 Å². The van der Waals surface area contributed by atoms with E-state index in [4.69, 9.17) is 10.2 Å². The fraction of sp³-hybridized carbons (Fsp3) is 0.200. The van der Waals surface area contributed by atoms with Crippen molar-refractivity contribution < 1.29 is 27.2 Å². The summed E-state index contributed by atoms with van der Waals surface area (Å²) >= 11 is 0. The third-order valence-electron chi connectivity index (χ3n) is 3.08. The highest BCUT2D eigenvalue weighted by Gasteiger charge is 2.30. The molecule has 0 aliphatic carbocycles. The molecule has 2 amide bonds. The zero-order valence-electron chi connectivity index (χ0n) is 12.0. The molecule has 8 heteroatoms. The number of alkyl halides is 3. The second-order valence-corrected chi connectivity index (χ2v) is 4.84. The van der Waals surface area contributed by atoms with E-state index in [0.717, 1.165) is 12.1 Å². The van der Waals surface area contributed by atoms with Gasteiger partial charge in [-0.3, -0.25) is 9.59 Å². The number of nitrogens with two attached hydrogens (primary N) is 1. The molecule has 122 valence electrons. The lowest BCUT2D eigenvalue weighted by Crippen LogP contribution is -2.42. The minimum absolute atomic E-state index is 0.105. The van der Waals surface area contributed by atoms with Gasteiger partial charge in [-0.2, -0.15) is 13.2 Å². The van der Waals surface area contributed by atoms with Crippen LogP contribution < -0.4 is 11.1 Å². The van der Waals surface area contributed by atoms with Crippen LogP contribution in [0.1, 0.15) is 23.0 Å². The Labute approximate surface area is 129 Å². The Morgan fingerprint density at radius 1 is 1.22 bits per heavy atom. The Morgan fingerprint density at radius 3 is 2.52 bits per heavy atom. The van der Waals surface area contributed by atoms with Crippen LogP contribution in [0, 0.1) is 0 Å². The molecule has 1 heterocycles. The number of carbonyl (C=O) groups excluding carboxylic acids is 2. The first-order valence-corrected chi connectivity index (χ1v) is 6.56. The lowest BCUT2D eigenvalue weighted by atomic mass is 10.1. The minimum atomic E-state index is -4.47. The average molecular weight is 326 g/mol. The van der Waals surface area contributed by atoms with Gasteiger partial charge >= 0.3 is 6.18 Å². The van der Waals surface area contributed by atoms with Gasteiger partial charge in [0.25, 0.3) is 5.91 Å². The van der Waals surface area contributed by atoms with Crippen LogP contribution >= 0.6 is 0 Å². The Balaban J connectivity index is 2.23. The molecule has 1 aromatic heterocycles. The maximum Gasteiger partial charge on any atom is 0.416 e. The summed E-state index contributed by atoms with van der Waals surface area (Å²) in [5.41, 5.74) is 4.39. The van der Waals surface area contributed by atoms with Crippen LogP contribution in [0.3, 0.4) is 0 Å². The molecule has 0 spiro atoms. The van der Waals surface area contributed by atoms with E-state index < -0.39 is 29.6 Å². The monoisotopic (exact) mass is 326 g/mol. The van der Waals surface area contributed by atoms with Crippen molar-refractivity contribution >= 4 is 11.8 Å². The molecule has 0 aliphatic rings. The number of halogens is 3. The lowest BCUT2D eigenvalue weighted by Gasteiger charge is -2.08. The number of primary amides is 1. The molecule has 3 N–H and O–H groups in total. The Kier molecular flexibility index (Phi) is 4.44. The summed E-state index contributed by atoms with van der Waals surface area (Å²) < 4.78 is 43.3. The molecule has 0 bridgehead atoms. The summed E-state index contributed by atoms with van der Waals surface area (Å²) in [4.78, 5) is 22.7. The van der Waals surface area contributed by atoms with Crippen molar-refractivity contribution in [2.45, 2.75) is 19.1 Å². The number of carbonyl (C=O) groups is 2. The third kappa shape index (κ3) is 3.91. The highest BCUT2D eigenvalue weighted by atomic mass is 19.4. The average Bonchev–Trinajstić information content (AvgIpc) is 2.96. The van der Waals surface area contributed by atoms with Crippen molar-refractivity contribution in [2.24, 2.45) is 5.73 Å². The Morgan fingerprint density at radius 2 is 1.91 bits per heavy atom. The number of hydrogen-bond acceptors (Lipinski definition) is 3. The van der Waals surface area contributed by atoms with Crippen molar-refractivity contribution in [2.75, 3.05) is 0 Å². The summed E-state index contributed by atoms with van der Waals surface area (Å²) in [6, 6.07) is 6.32. The summed E-state index contributed by atoms with van der Waals surface area (Å²) in [5, 5.41) is 2.31. The quantitative estimate of drug-likeness (QED) is 0.905. The van der Waals surface area contributed by atoms with Gasteiger partial charge in [-0.15, -0.1) is 0 Å². The van der Waals surface area contributed by atoms with Crippen molar-refractivity contribution in [1.29, 1.82) is 0 Å². The van der Waals surface area contributed by atoms with Crippen molar-refractivity contribution in [1.82, 2.24) is 5.32 Å². The molecule has 0 saturated heterocycles. The van der Waals surface area contributed by atoms with Gasteiger partial charge in [-0.05, 0) is 31.2 Å². The molecule has 2 rings (SSSR count). The van der Waals surface area contributed by atoms with Crippen LogP contribution in [0.4, 0.5) is 13.2 Å². The molecule has 0 aliphatic heterocycles. The molecule has 0 unspecified atom stereocenters. The molecule has 0 saturated carbocycles. The van der Waals surface area contributed by atoms with Gasteiger partial charge in [0.1, 0.15) is 11.8 Å². The topological polar surface area (TPSA) is 85.3 Å². The molecule has 2 aromatic rings. The summed E-state index contributed by atoms with van der Waals surface area (Å²) in [6.07, 6.45) is -4.47. The van der Waals surface area contributed by atoms with E-state index >= 15 is 0 Å². The van der Waals surface area contributed by atoms with E-state index in [-0.39, 0.29) is 17.1 Å². The Hall–Kier alpha value is -2.77. The highest BCUT2D eigenvalue weighted by molar-refractivity contribution is 5.95. The molecule has 0 fully saturated rings. The number of amides is 2. The maximum absolute atomic E-state index is 12.7. The van der Waals surface area contributed by atoms with E-state index in [1.807, 2.05) is 0 Å². The molecule has 1 atom stereocenters. The number of hydrogen-bond donors (Lipinski definition) is 2. The van der Waals surface area contributed by atoms with E-state index in [1.54, 1.807) is 0 Å². The number of furan rings is 1. The second-order valence-electron chi connectivity index (χ2n) is 4.84. The van der Waals surface area contributed by atoms with E-state index in [2.05, 4.69) is 5.32 Å². The minimum Gasteiger partial charge on any atom is -0.451 e. The van der Waals surface area contributed by atoms with Gasteiger partial charge in [-0.25, -0.2) is 0 Å². The summed E-state index contributed by atoms with van der Waals surface area (Å²) in [5.74, 6) is -1.43. The van der Waals surface area contributed by atoms with Gasteiger partial charge in [0.05, 0.1) is 5.56 Å². The molecule has 1 aromatic carbocycles. The number of benzene rings is 1. The summed E-state index contributed by atoms with van der Waals surface area (Å²) in [7, 11) is 0. The standard InChI is InChI=1S/C15H13F3N2O3/c1-8(13(19)21)20-14(22)12-6-5-11(23-12)9-3-2-4-10(7-9)15(16,17)18/h2-8H,1H3,(H2,19,21)(H,20,22)/t8-/m1/s1. The van der Waals surface area contributed by atoms with Crippen molar-refractivity contribution in [3.05, 3.63) is 47.7 Å². The molecular weight excluding hydrogens is 313 g/mol. The maximum atomic E-state index is 12.7. The molecule has 0 radical (unpaired) electrons. The zero-order valence-corrected chi connectivity index (χ0v) is 12.0. The van der Waals surface area contributed by atoms with Gasteiger partial charge in [0.15, 0.2) is 5.76 Å². The fourth-order valence-corrected chi connectivity index (χ4v) is 1.80. The predicted octanol–water partition coefficient (Wildman–Crippen LogP) is 2.57. The summed E-state index contributed by atoms with van der Waals surface area (Å²) in [6.45, 7) is 1.40. The van der Waals surface area contributed by atoms with Gasteiger partial charge < -0.3 is 15.5 Å². The second kappa shape index (κ2) is 6.15. The van der Waals surface area contributed by atoms with E-state index in [9.17, 15) is 22.8 Å². The SMILES string of the molecule is C[C@@H](NC(=O)c1ccc(-c2cccc(C(F)(F)F)c2)o1)C(N)=O. The first-order chi connectivity index (χ1) is 10.7. The van der Waals surface area contributed by atoms with Crippen LogP contribution in [0.2, 0.25) is 0 Å². The highest BCUT2D eigenvalue weighted by Crippen LogP contribution is 2.32. The number of rotatable bonds is 4. The van der Waals surface area contributed by atoms with Crippen LogP contribution in [0.25, 0.3) is 11.3 Å². The van der Waals surface area contributed by atoms with Crippen LogP contribution in [-0.2, 0) is 11.0 Å². The van der Waals surface area contributed by atoms with Crippen LogP contribution in [-0.4, -0.2) is 17.9 Å². The molecular formula is C15H13F3N2O3. The first kappa shape index (κ1) is 16.6.